The number of rotatable bonds is 5. The van der Waals surface area contributed by atoms with E-state index in [9.17, 15) is 0 Å². The molecule has 0 fully saturated rings. The van der Waals surface area contributed by atoms with Gasteiger partial charge in [-0.05, 0) is 33.4 Å². The third kappa shape index (κ3) is 3.05. The fraction of sp³-hybridized carbons (Fsp3) is 0.273. The highest BCUT2D eigenvalue weighted by molar-refractivity contribution is 9.10. The smallest absolute Gasteiger partial charge is 0.233 e. The van der Waals surface area contributed by atoms with E-state index in [-0.39, 0.29) is 6.04 Å². The summed E-state index contributed by atoms with van der Waals surface area (Å²) in [6, 6.07) is 5.58. The lowest BCUT2D eigenvalue weighted by Crippen LogP contribution is -2.30. The Labute approximate surface area is 117 Å². The van der Waals surface area contributed by atoms with Gasteiger partial charge in [0.2, 0.25) is 5.88 Å². The van der Waals surface area contributed by atoms with Crippen molar-refractivity contribution in [2.24, 2.45) is 5.84 Å². The summed E-state index contributed by atoms with van der Waals surface area (Å²) in [7, 11) is 1.56. The zero-order valence-electron chi connectivity index (χ0n) is 9.76. The molecule has 0 saturated heterocycles. The Kier molecular flexibility index (Phi) is 4.65. The molecule has 0 saturated carbocycles. The van der Waals surface area contributed by atoms with Gasteiger partial charge in [0.15, 0.2) is 0 Å². The lowest BCUT2D eigenvalue weighted by atomic mass is 10.1. The molecule has 0 aromatic carbocycles. The predicted molar refractivity (Wildman–Crippen MR) is 74.4 cm³/mol. The Morgan fingerprint density at radius 3 is 2.78 bits per heavy atom. The molecule has 0 aliphatic carbocycles. The maximum atomic E-state index is 5.58. The number of nitrogens with two attached hydrogens (primary N) is 1. The molecule has 0 spiro atoms. The number of nitrogens with zero attached hydrogens (tertiary/aromatic N) is 2. The average molecular weight is 329 g/mol. The zero-order chi connectivity index (χ0) is 13.0. The summed E-state index contributed by atoms with van der Waals surface area (Å²) in [5, 5.41) is 10.1. The molecule has 1 unspecified atom stereocenters. The molecule has 0 aliphatic heterocycles. The van der Waals surface area contributed by atoms with Gasteiger partial charge in [-0.25, -0.2) is 0 Å². The molecular weight excluding hydrogens is 316 g/mol. The van der Waals surface area contributed by atoms with Gasteiger partial charge in [0, 0.05) is 21.8 Å². The number of hydrogen-bond acceptors (Lipinski definition) is 6. The largest absolute Gasteiger partial charge is 0.480 e. The van der Waals surface area contributed by atoms with Crippen LogP contribution in [0.2, 0.25) is 0 Å². The van der Waals surface area contributed by atoms with Crippen LogP contribution in [0.15, 0.2) is 28.1 Å². The molecule has 0 radical (unpaired) electrons. The normalized spacial score (nSPS) is 12.4. The van der Waals surface area contributed by atoms with E-state index in [4.69, 9.17) is 10.6 Å². The third-order valence-electron chi connectivity index (χ3n) is 2.51. The summed E-state index contributed by atoms with van der Waals surface area (Å²) in [5.74, 6) is 6.07. The van der Waals surface area contributed by atoms with Gasteiger partial charge in [-0.2, -0.15) is 5.10 Å². The number of thiophene rings is 1. The molecule has 0 amide bonds. The summed E-state index contributed by atoms with van der Waals surface area (Å²) >= 11 is 5.19. The highest BCUT2D eigenvalue weighted by Gasteiger charge is 2.15. The number of methoxy groups -OCH3 is 1. The summed E-state index contributed by atoms with van der Waals surface area (Å²) in [5.41, 5.74) is 3.55. The minimum Gasteiger partial charge on any atom is -0.480 e. The Balaban J connectivity index is 2.15. The van der Waals surface area contributed by atoms with E-state index in [1.54, 1.807) is 24.5 Å². The van der Waals surface area contributed by atoms with Gasteiger partial charge in [-0.3, -0.25) is 11.3 Å². The van der Waals surface area contributed by atoms with E-state index >= 15 is 0 Å². The van der Waals surface area contributed by atoms with Crippen LogP contribution in [0.25, 0.3) is 0 Å². The van der Waals surface area contributed by atoms with Crippen LogP contribution in [0.1, 0.15) is 16.6 Å². The topological polar surface area (TPSA) is 73.1 Å². The third-order valence-corrected chi connectivity index (χ3v) is 4.46. The van der Waals surface area contributed by atoms with Crippen molar-refractivity contribution in [3.63, 3.8) is 0 Å². The standard InChI is InChI=1S/C11H13BrN4OS/c1-17-11-3-2-8(15-16-11)9(14-13)6-10-7(12)4-5-18-10/h2-5,9,14H,6,13H2,1H3. The average Bonchev–Trinajstić information content (AvgIpc) is 2.81. The fourth-order valence-corrected chi connectivity index (χ4v) is 3.09. The van der Waals surface area contributed by atoms with E-state index in [2.05, 4.69) is 31.6 Å². The van der Waals surface area contributed by atoms with Gasteiger partial charge in [0.25, 0.3) is 0 Å². The molecular formula is C11H13BrN4OS. The van der Waals surface area contributed by atoms with E-state index in [0.717, 1.165) is 16.6 Å². The number of hydrazine groups is 1. The Morgan fingerprint density at radius 1 is 1.44 bits per heavy atom. The van der Waals surface area contributed by atoms with Crippen LogP contribution in [-0.4, -0.2) is 17.3 Å². The molecule has 5 nitrogen and oxygen atoms in total. The second-order valence-electron chi connectivity index (χ2n) is 3.62. The SMILES string of the molecule is COc1ccc(C(Cc2sccc2Br)NN)nn1. The summed E-state index contributed by atoms with van der Waals surface area (Å²) in [4.78, 5) is 1.22. The van der Waals surface area contributed by atoms with Crippen molar-refractivity contribution in [3.05, 3.63) is 38.6 Å². The molecule has 0 bridgehead atoms. The van der Waals surface area contributed by atoms with Crippen LogP contribution in [-0.2, 0) is 6.42 Å². The van der Waals surface area contributed by atoms with Gasteiger partial charge in [0.05, 0.1) is 18.8 Å². The Hall–Kier alpha value is -1.02. The number of nitrogens with one attached hydrogen (secondary N) is 1. The van der Waals surface area contributed by atoms with E-state index in [1.165, 1.54) is 4.88 Å². The number of halogens is 1. The van der Waals surface area contributed by atoms with Crippen molar-refractivity contribution >= 4 is 27.3 Å². The van der Waals surface area contributed by atoms with E-state index in [0.29, 0.717) is 5.88 Å². The molecule has 2 heterocycles. The quantitative estimate of drug-likeness (QED) is 0.649. The van der Waals surface area contributed by atoms with Crippen molar-refractivity contribution in [2.75, 3.05) is 7.11 Å². The number of aromatic nitrogens is 2. The van der Waals surface area contributed by atoms with Gasteiger partial charge in [-0.15, -0.1) is 16.4 Å². The van der Waals surface area contributed by atoms with Gasteiger partial charge < -0.3 is 4.74 Å². The monoisotopic (exact) mass is 328 g/mol. The van der Waals surface area contributed by atoms with E-state index < -0.39 is 0 Å². The highest BCUT2D eigenvalue weighted by atomic mass is 79.9. The van der Waals surface area contributed by atoms with Crippen LogP contribution in [0.3, 0.4) is 0 Å². The van der Waals surface area contributed by atoms with Crippen LogP contribution < -0.4 is 16.0 Å². The minimum atomic E-state index is -0.0710. The summed E-state index contributed by atoms with van der Waals surface area (Å²) in [6.07, 6.45) is 0.760. The summed E-state index contributed by atoms with van der Waals surface area (Å²) < 4.78 is 6.07. The first-order valence-electron chi connectivity index (χ1n) is 5.30. The molecule has 2 aromatic heterocycles. The van der Waals surface area contributed by atoms with Crippen molar-refractivity contribution < 1.29 is 4.74 Å². The first kappa shape index (κ1) is 13.4. The molecule has 0 aliphatic rings. The van der Waals surface area contributed by atoms with Gasteiger partial charge in [0.1, 0.15) is 0 Å². The van der Waals surface area contributed by atoms with Crippen LogP contribution in [0.5, 0.6) is 5.88 Å². The van der Waals surface area contributed by atoms with Gasteiger partial charge >= 0.3 is 0 Å². The van der Waals surface area contributed by atoms with Crippen molar-refractivity contribution in [2.45, 2.75) is 12.5 Å². The second kappa shape index (κ2) is 6.24. The number of hydrogen-bond donors (Lipinski definition) is 2. The van der Waals surface area contributed by atoms with Gasteiger partial charge in [-0.1, -0.05) is 0 Å². The summed E-state index contributed by atoms with van der Waals surface area (Å²) in [6.45, 7) is 0. The van der Waals surface area contributed by atoms with Crippen molar-refractivity contribution in [1.29, 1.82) is 0 Å². The first-order valence-corrected chi connectivity index (χ1v) is 6.97. The maximum Gasteiger partial charge on any atom is 0.233 e. The van der Waals surface area contributed by atoms with Crippen molar-refractivity contribution in [3.8, 4) is 5.88 Å². The molecule has 3 N–H and O–H groups in total. The molecule has 96 valence electrons. The maximum absolute atomic E-state index is 5.58. The second-order valence-corrected chi connectivity index (χ2v) is 5.47. The van der Waals surface area contributed by atoms with Crippen LogP contribution >= 0.6 is 27.3 Å². The number of ether oxygens (including phenoxy) is 1. The minimum absolute atomic E-state index is 0.0710. The molecule has 2 aromatic rings. The zero-order valence-corrected chi connectivity index (χ0v) is 12.2. The lowest BCUT2D eigenvalue weighted by molar-refractivity contribution is 0.389. The molecule has 18 heavy (non-hydrogen) atoms. The fourth-order valence-electron chi connectivity index (χ4n) is 1.53. The van der Waals surface area contributed by atoms with Crippen LogP contribution in [0, 0.1) is 0 Å². The highest BCUT2D eigenvalue weighted by Crippen LogP contribution is 2.27. The van der Waals surface area contributed by atoms with E-state index in [1.807, 2.05) is 17.5 Å². The molecule has 2 rings (SSSR count). The lowest BCUT2D eigenvalue weighted by Gasteiger charge is -2.14. The Morgan fingerprint density at radius 2 is 2.28 bits per heavy atom. The van der Waals surface area contributed by atoms with Crippen molar-refractivity contribution in [1.82, 2.24) is 15.6 Å². The first-order chi connectivity index (χ1) is 8.74. The molecule has 1 atom stereocenters. The molecule has 7 heteroatoms. The predicted octanol–water partition coefficient (Wildman–Crippen LogP) is 2.06. The Bertz CT molecular complexity index is 502. The van der Waals surface area contributed by atoms with Crippen LogP contribution in [0.4, 0.5) is 0 Å².